The van der Waals surface area contributed by atoms with E-state index in [1.165, 1.54) is 0 Å². The van der Waals surface area contributed by atoms with Gasteiger partial charge in [0, 0.05) is 12.6 Å². The smallest absolute Gasteiger partial charge is 0.237 e. The first-order valence-electron chi connectivity index (χ1n) is 7.67. The molecule has 19 heavy (non-hydrogen) atoms. The first-order chi connectivity index (χ1) is 8.99. The molecule has 0 aromatic rings. The Hall–Kier alpha value is -0.610. The SMILES string of the molecule is CCC(CC)C1CC(NC(=O)[C@@H](N)C(C)C)CCO1. The Bertz CT molecular complexity index is 277. The molecule has 1 saturated heterocycles. The van der Waals surface area contributed by atoms with Gasteiger partial charge in [-0.05, 0) is 24.7 Å². The Balaban J connectivity index is 2.49. The molecule has 1 amide bonds. The molecule has 1 rings (SSSR count). The Morgan fingerprint density at radius 2 is 2.00 bits per heavy atom. The van der Waals surface area contributed by atoms with E-state index in [-0.39, 0.29) is 24.0 Å². The highest BCUT2D eigenvalue weighted by molar-refractivity contribution is 5.82. The summed E-state index contributed by atoms with van der Waals surface area (Å²) in [7, 11) is 0. The summed E-state index contributed by atoms with van der Waals surface area (Å²) < 4.78 is 5.86. The Labute approximate surface area is 117 Å². The molecule has 0 saturated carbocycles. The standard InChI is InChI=1S/C15H30N2O2/c1-5-11(6-2)13-9-12(7-8-19-13)17-15(18)14(16)10(3)4/h10-14H,5-9,16H2,1-4H3,(H,17,18)/t12?,13?,14-/m0/s1. The van der Waals surface area contributed by atoms with Crippen molar-refractivity contribution in [1.82, 2.24) is 5.32 Å². The van der Waals surface area contributed by atoms with E-state index in [2.05, 4.69) is 19.2 Å². The van der Waals surface area contributed by atoms with Gasteiger partial charge in [-0.3, -0.25) is 4.79 Å². The molecule has 0 aromatic carbocycles. The van der Waals surface area contributed by atoms with Crippen LogP contribution in [0.25, 0.3) is 0 Å². The zero-order valence-electron chi connectivity index (χ0n) is 12.8. The number of carbonyl (C=O) groups excluding carboxylic acids is 1. The van der Waals surface area contributed by atoms with Gasteiger partial charge in [0.05, 0.1) is 12.1 Å². The normalized spacial score (nSPS) is 25.6. The topological polar surface area (TPSA) is 64.4 Å². The number of hydrogen-bond donors (Lipinski definition) is 2. The maximum absolute atomic E-state index is 12.0. The van der Waals surface area contributed by atoms with E-state index < -0.39 is 6.04 Å². The number of carbonyl (C=O) groups is 1. The minimum atomic E-state index is -0.408. The van der Waals surface area contributed by atoms with Crippen molar-refractivity contribution in [3.05, 3.63) is 0 Å². The fourth-order valence-electron chi connectivity index (χ4n) is 2.70. The molecule has 2 unspecified atom stereocenters. The fraction of sp³-hybridized carbons (Fsp3) is 0.933. The van der Waals surface area contributed by atoms with Crippen LogP contribution >= 0.6 is 0 Å². The molecule has 1 fully saturated rings. The molecule has 3 atom stereocenters. The lowest BCUT2D eigenvalue weighted by atomic mass is 9.89. The predicted octanol–water partition coefficient (Wildman–Crippen LogP) is 2.07. The average molecular weight is 270 g/mol. The van der Waals surface area contributed by atoms with Crippen LogP contribution in [0.5, 0.6) is 0 Å². The highest BCUT2D eigenvalue weighted by Gasteiger charge is 2.29. The second kappa shape index (κ2) is 7.85. The van der Waals surface area contributed by atoms with Crippen molar-refractivity contribution in [1.29, 1.82) is 0 Å². The number of nitrogens with one attached hydrogen (secondary N) is 1. The van der Waals surface area contributed by atoms with Gasteiger partial charge >= 0.3 is 0 Å². The summed E-state index contributed by atoms with van der Waals surface area (Å²) in [4.78, 5) is 12.0. The molecule has 1 aliphatic rings. The van der Waals surface area contributed by atoms with Crippen LogP contribution in [0.1, 0.15) is 53.4 Å². The first-order valence-corrected chi connectivity index (χ1v) is 7.67. The first kappa shape index (κ1) is 16.4. The molecular formula is C15H30N2O2. The van der Waals surface area contributed by atoms with Crippen LogP contribution in [0.3, 0.4) is 0 Å². The van der Waals surface area contributed by atoms with Crippen molar-refractivity contribution in [3.63, 3.8) is 0 Å². The number of nitrogens with two attached hydrogens (primary N) is 1. The monoisotopic (exact) mass is 270 g/mol. The van der Waals surface area contributed by atoms with E-state index in [9.17, 15) is 4.79 Å². The largest absolute Gasteiger partial charge is 0.378 e. The second-order valence-electron chi connectivity index (χ2n) is 5.99. The lowest BCUT2D eigenvalue weighted by Gasteiger charge is -2.35. The number of amides is 1. The maximum atomic E-state index is 12.0. The Morgan fingerprint density at radius 3 is 2.53 bits per heavy atom. The van der Waals surface area contributed by atoms with Crippen LogP contribution in [-0.2, 0) is 9.53 Å². The van der Waals surface area contributed by atoms with E-state index >= 15 is 0 Å². The lowest BCUT2D eigenvalue weighted by molar-refractivity contribution is -0.125. The van der Waals surface area contributed by atoms with Crippen molar-refractivity contribution in [3.8, 4) is 0 Å². The van der Waals surface area contributed by atoms with Crippen LogP contribution in [0.2, 0.25) is 0 Å². The third-order valence-corrected chi connectivity index (χ3v) is 4.26. The van der Waals surface area contributed by atoms with Crippen LogP contribution in [0.15, 0.2) is 0 Å². The summed E-state index contributed by atoms with van der Waals surface area (Å²) >= 11 is 0. The molecule has 3 N–H and O–H groups in total. The van der Waals surface area contributed by atoms with E-state index in [0.29, 0.717) is 5.92 Å². The third-order valence-electron chi connectivity index (χ3n) is 4.26. The second-order valence-corrected chi connectivity index (χ2v) is 5.99. The van der Waals surface area contributed by atoms with Gasteiger partial charge in [-0.1, -0.05) is 40.5 Å². The van der Waals surface area contributed by atoms with Crippen molar-refractivity contribution in [2.45, 2.75) is 71.6 Å². The Morgan fingerprint density at radius 1 is 1.37 bits per heavy atom. The van der Waals surface area contributed by atoms with E-state index in [4.69, 9.17) is 10.5 Å². The van der Waals surface area contributed by atoms with E-state index in [0.717, 1.165) is 32.3 Å². The summed E-state index contributed by atoms with van der Waals surface area (Å²) in [5.41, 5.74) is 5.88. The molecule has 4 heteroatoms. The summed E-state index contributed by atoms with van der Waals surface area (Å²) in [5, 5.41) is 3.09. The molecule has 1 heterocycles. The van der Waals surface area contributed by atoms with Gasteiger partial charge in [0.15, 0.2) is 0 Å². The molecular weight excluding hydrogens is 240 g/mol. The minimum Gasteiger partial charge on any atom is -0.378 e. The summed E-state index contributed by atoms with van der Waals surface area (Å²) in [5.74, 6) is 0.748. The molecule has 1 aliphatic heterocycles. The van der Waals surface area contributed by atoms with Crippen molar-refractivity contribution in [2.75, 3.05) is 6.61 Å². The molecule has 0 radical (unpaired) electrons. The van der Waals surface area contributed by atoms with Gasteiger partial charge in [-0.15, -0.1) is 0 Å². The lowest BCUT2D eigenvalue weighted by Crippen LogP contribution is -2.50. The number of ether oxygens (including phenoxy) is 1. The Kier molecular flexibility index (Phi) is 6.80. The summed E-state index contributed by atoms with van der Waals surface area (Å²) in [6.45, 7) is 9.09. The van der Waals surface area contributed by atoms with Crippen molar-refractivity contribution < 1.29 is 9.53 Å². The highest BCUT2D eigenvalue weighted by atomic mass is 16.5. The quantitative estimate of drug-likeness (QED) is 0.776. The van der Waals surface area contributed by atoms with Gasteiger partial charge in [0.1, 0.15) is 0 Å². The summed E-state index contributed by atoms with van der Waals surface area (Å²) in [6.07, 6.45) is 4.36. The molecule has 112 valence electrons. The van der Waals surface area contributed by atoms with Crippen LogP contribution in [0.4, 0.5) is 0 Å². The van der Waals surface area contributed by atoms with Crippen LogP contribution in [-0.4, -0.2) is 30.7 Å². The highest BCUT2D eigenvalue weighted by Crippen LogP contribution is 2.25. The molecule has 0 bridgehead atoms. The van der Waals surface area contributed by atoms with Gasteiger partial charge in [0.2, 0.25) is 5.91 Å². The number of hydrogen-bond acceptors (Lipinski definition) is 3. The number of rotatable bonds is 6. The average Bonchev–Trinajstić information content (AvgIpc) is 2.39. The predicted molar refractivity (Wildman–Crippen MR) is 77.8 cm³/mol. The molecule has 0 aliphatic carbocycles. The van der Waals surface area contributed by atoms with Gasteiger partial charge < -0.3 is 15.8 Å². The van der Waals surface area contributed by atoms with E-state index in [1.807, 2.05) is 13.8 Å². The molecule has 0 aromatic heterocycles. The third kappa shape index (κ3) is 4.77. The zero-order chi connectivity index (χ0) is 14.4. The fourth-order valence-corrected chi connectivity index (χ4v) is 2.70. The van der Waals surface area contributed by atoms with Gasteiger partial charge in [0.25, 0.3) is 0 Å². The molecule has 0 spiro atoms. The van der Waals surface area contributed by atoms with Gasteiger partial charge in [-0.2, -0.15) is 0 Å². The minimum absolute atomic E-state index is 0.0230. The summed E-state index contributed by atoms with van der Waals surface area (Å²) in [6, 6.07) is -0.189. The van der Waals surface area contributed by atoms with E-state index in [1.54, 1.807) is 0 Å². The maximum Gasteiger partial charge on any atom is 0.237 e. The van der Waals surface area contributed by atoms with Crippen molar-refractivity contribution in [2.24, 2.45) is 17.6 Å². The van der Waals surface area contributed by atoms with Crippen LogP contribution in [0, 0.1) is 11.8 Å². The van der Waals surface area contributed by atoms with Crippen molar-refractivity contribution >= 4 is 5.91 Å². The van der Waals surface area contributed by atoms with Crippen LogP contribution < -0.4 is 11.1 Å². The zero-order valence-corrected chi connectivity index (χ0v) is 12.8. The molecule has 4 nitrogen and oxygen atoms in total. The van der Waals surface area contributed by atoms with Gasteiger partial charge in [-0.25, -0.2) is 0 Å².